The number of carbonyl (C=O) groups excluding carboxylic acids is 1. The molecule has 0 aliphatic carbocycles. The summed E-state index contributed by atoms with van der Waals surface area (Å²) in [5.74, 6) is 0.556. The topological polar surface area (TPSA) is 84.5 Å². The lowest BCUT2D eigenvalue weighted by Crippen LogP contribution is -2.38. The summed E-state index contributed by atoms with van der Waals surface area (Å²) in [6.45, 7) is 6.24. The van der Waals surface area contributed by atoms with Gasteiger partial charge in [-0.15, -0.1) is 0 Å². The van der Waals surface area contributed by atoms with E-state index in [-0.39, 0.29) is 10.8 Å². The molecule has 0 fully saturated rings. The van der Waals surface area contributed by atoms with E-state index in [1.807, 2.05) is 13.8 Å². The molecule has 1 amide bonds. The third-order valence-electron chi connectivity index (χ3n) is 3.62. The van der Waals surface area contributed by atoms with Crippen LogP contribution in [-0.2, 0) is 14.8 Å². The second kappa shape index (κ2) is 9.23. The van der Waals surface area contributed by atoms with E-state index in [4.69, 9.17) is 4.74 Å². The molecule has 8 heteroatoms. The summed E-state index contributed by atoms with van der Waals surface area (Å²) in [6.07, 6.45) is -0.676. The third-order valence-corrected chi connectivity index (χ3v) is 5.69. The highest BCUT2D eigenvalue weighted by Gasteiger charge is 2.17. The van der Waals surface area contributed by atoms with Crippen LogP contribution < -0.4 is 14.8 Å². The van der Waals surface area contributed by atoms with Gasteiger partial charge in [-0.05, 0) is 65.2 Å². The predicted octanol–water partition coefficient (Wildman–Crippen LogP) is 3.79. The molecule has 146 valence electrons. The highest BCUT2D eigenvalue weighted by molar-refractivity contribution is 9.10. The molecule has 0 spiro atoms. The number of hydrogen-bond acceptors (Lipinski definition) is 4. The molecule has 0 saturated carbocycles. The van der Waals surface area contributed by atoms with Crippen molar-refractivity contribution in [3.05, 3.63) is 53.0 Å². The fourth-order valence-corrected chi connectivity index (χ4v) is 3.75. The largest absolute Gasteiger partial charge is 0.481 e. The summed E-state index contributed by atoms with van der Waals surface area (Å²) in [5.41, 5.74) is 0.452. The number of rotatable bonds is 8. The first-order valence-electron chi connectivity index (χ1n) is 8.51. The van der Waals surface area contributed by atoms with Crippen LogP contribution in [0.1, 0.15) is 20.8 Å². The fourth-order valence-electron chi connectivity index (χ4n) is 2.15. The lowest BCUT2D eigenvalue weighted by atomic mass is 10.2. The molecule has 2 N–H and O–H groups in total. The molecule has 0 bridgehead atoms. The summed E-state index contributed by atoms with van der Waals surface area (Å²) in [6, 6.07) is 12.9. The summed E-state index contributed by atoms with van der Waals surface area (Å²) >= 11 is 3.31. The molecule has 6 nitrogen and oxygen atoms in total. The van der Waals surface area contributed by atoms with Gasteiger partial charge in [0.25, 0.3) is 15.9 Å². The van der Waals surface area contributed by atoms with Crippen molar-refractivity contribution in [2.45, 2.75) is 31.8 Å². The van der Waals surface area contributed by atoms with Crippen LogP contribution >= 0.6 is 15.9 Å². The van der Waals surface area contributed by atoms with Gasteiger partial charge in [0.15, 0.2) is 6.10 Å². The predicted molar refractivity (Wildman–Crippen MR) is 109 cm³/mol. The van der Waals surface area contributed by atoms with E-state index in [0.29, 0.717) is 28.4 Å². The second-order valence-corrected chi connectivity index (χ2v) is 8.99. The Labute approximate surface area is 168 Å². The van der Waals surface area contributed by atoms with Gasteiger partial charge in [0.05, 0.1) is 10.6 Å². The smallest absolute Gasteiger partial charge is 0.261 e. The number of para-hydroxylation sites is 1. The van der Waals surface area contributed by atoms with Gasteiger partial charge in [0.1, 0.15) is 5.75 Å². The Balaban J connectivity index is 2.03. The van der Waals surface area contributed by atoms with Gasteiger partial charge in [0.2, 0.25) is 0 Å². The second-order valence-electron chi connectivity index (χ2n) is 6.46. The van der Waals surface area contributed by atoms with Crippen LogP contribution in [0.5, 0.6) is 5.75 Å². The van der Waals surface area contributed by atoms with Gasteiger partial charge in [0, 0.05) is 11.0 Å². The SMILES string of the molecule is CC(C)CNC(=O)[C@@H](C)Oc1ccc(S(=O)(=O)Nc2ccccc2Br)cc1. The van der Waals surface area contributed by atoms with Crippen molar-refractivity contribution in [3.63, 3.8) is 0 Å². The number of hydrogen-bond donors (Lipinski definition) is 2. The van der Waals surface area contributed by atoms with Crippen molar-refractivity contribution in [3.8, 4) is 5.75 Å². The number of anilines is 1. The molecule has 27 heavy (non-hydrogen) atoms. The van der Waals surface area contributed by atoms with Gasteiger partial charge in [-0.2, -0.15) is 0 Å². The van der Waals surface area contributed by atoms with E-state index in [0.717, 1.165) is 0 Å². The van der Waals surface area contributed by atoms with Crippen LogP contribution in [0.4, 0.5) is 5.69 Å². The molecule has 0 unspecified atom stereocenters. The normalized spacial score (nSPS) is 12.5. The van der Waals surface area contributed by atoms with E-state index in [9.17, 15) is 13.2 Å². The maximum atomic E-state index is 12.5. The van der Waals surface area contributed by atoms with Crippen molar-refractivity contribution in [1.82, 2.24) is 5.32 Å². The van der Waals surface area contributed by atoms with Crippen LogP contribution in [0, 0.1) is 5.92 Å². The first-order valence-corrected chi connectivity index (χ1v) is 10.8. The van der Waals surface area contributed by atoms with Gasteiger partial charge >= 0.3 is 0 Å². The first kappa shape index (κ1) is 21.2. The maximum Gasteiger partial charge on any atom is 0.261 e. The maximum absolute atomic E-state index is 12.5. The van der Waals surface area contributed by atoms with Crippen molar-refractivity contribution < 1.29 is 17.9 Å². The fraction of sp³-hybridized carbons (Fsp3) is 0.316. The van der Waals surface area contributed by atoms with Crippen LogP contribution in [0.3, 0.4) is 0 Å². The zero-order valence-electron chi connectivity index (χ0n) is 15.4. The lowest BCUT2D eigenvalue weighted by Gasteiger charge is -2.16. The summed E-state index contributed by atoms with van der Waals surface area (Å²) in [7, 11) is -3.73. The summed E-state index contributed by atoms with van der Waals surface area (Å²) in [4.78, 5) is 12.1. The Morgan fingerprint density at radius 1 is 1.07 bits per heavy atom. The van der Waals surface area contributed by atoms with Crippen LogP contribution in [-0.4, -0.2) is 27.0 Å². The quantitative estimate of drug-likeness (QED) is 0.635. The number of halogens is 1. The summed E-state index contributed by atoms with van der Waals surface area (Å²) < 4.78 is 33.8. The first-order chi connectivity index (χ1) is 12.7. The van der Waals surface area contributed by atoms with Crippen molar-refractivity contribution >= 4 is 37.5 Å². The Bertz CT molecular complexity index is 883. The zero-order valence-corrected chi connectivity index (χ0v) is 17.8. The number of benzene rings is 2. The number of amides is 1. The van der Waals surface area contributed by atoms with E-state index in [1.165, 1.54) is 24.3 Å². The van der Waals surface area contributed by atoms with Gasteiger partial charge in [-0.3, -0.25) is 9.52 Å². The molecule has 0 aliphatic rings. The van der Waals surface area contributed by atoms with Crippen molar-refractivity contribution in [1.29, 1.82) is 0 Å². The molecule has 0 saturated heterocycles. The van der Waals surface area contributed by atoms with Gasteiger partial charge < -0.3 is 10.1 Å². The molecule has 0 aromatic heterocycles. The molecule has 2 aromatic carbocycles. The average Bonchev–Trinajstić information content (AvgIpc) is 2.62. The third kappa shape index (κ3) is 6.25. The van der Waals surface area contributed by atoms with Crippen molar-refractivity contribution in [2.75, 3.05) is 11.3 Å². The molecule has 0 aliphatic heterocycles. The molecular weight excluding hydrogens is 432 g/mol. The number of nitrogens with one attached hydrogen (secondary N) is 2. The Morgan fingerprint density at radius 3 is 2.30 bits per heavy atom. The number of ether oxygens (including phenoxy) is 1. The van der Waals surface area contributed by atoms with Crippen molar-refractivity contribution in [2.24, 2.45) is 5.92 Å². The molecule has 2 rings (SSSR count). The minimum absolute atomic E-state index is 0.0996. The van der Waals surface area contributed by atoms with E-state index in [1.54, 1.807) is 31.2 Å². The highest BCUT2D eigenvalue weighted by Crippen LogP contribution is 2.25. The van der Waals surface area contributed by atoms with E-state index >= 15 is 0 Å². The summed E-state index contributed by atoms with van der Waals surface area (Å²) in [5, 5.41) is 2.80. The van der Waals surface area contributed by atoms with Crippen LogP contribution in [0.15, 0.2) is 57.9 Å². The number of sulfonamides is 1. The van der Waals surface area contributed by atoms with Gasteiger partial charge in [-0.25, -0.2) is 8.42 Å². The standard InChI is InChI=1S/C19H23BrN2O4S/c1-13(2)12-21-19(23)14(3)26-15-8-10-16(11-9-15)27(24,25)22-18-7-5-4-6-17(18)20/h4-11,13-14,22H,12H2,1-3H3,(H,21,23)/t14-/m1/s1. The molecule has 0 radical (unpaired) electrons. The highest BCUT2D eigenvalue weighted by atomic mass is 79.9. The Hall–Kier alpha value is -2.06. The minimum Gasteiger partial charge on any atom is -0.481 e. The molecule has 1 atom stereocenters. The Morgan fingerprint density at radius 2 is 1.70 bits per heavy atom. The molecular formula is C19H23BrN2O4S. The van der Waals surface area contributed by atoms with Crippen LogP contribution in [0.2, 0.25) is 0 Å². The minimum atomic E-state index is -3.73. The monoisotopic (exact) mass is 454 g/mol. The molecule has 2 aromatic rings. The lowest BCUT2D eigenvalue weighted by molar-refractivity contribution is -0.127. The van der Waals surface area contributed by atoms with Crippen LogP contribution in [0.25, 0.3) is 0 Å². The van der Waals surface area contributed by atoms with Gasteiger partial charge in [-0.1, -0.05) is 26.0 Å². The number of carbonyl (C=O) groups is 1. The zero-order chi connectivity index (χ0) is 20.0. The molecule has 0 heterocycles. The average molecular weight is 455 g/mol. The Kier molecular flexibility index (Phi) is 7.26. The van der Waals surface area contributed by atoms with E-state index < -0.39 is 16.1 Å². The van der Waals surface area contributed by atoms with E-state index in [2.05, 4.69) is 26.0 Å².